The van der Waals surface area contributed by atoms with Gasteiger partial charge in [-0.05, 0) is 92.9 Å². The lowest BCUT2D eigenvalue weighted by atomic mass is 9.98. The summed E-state index contributed by atoms with van der Waals surface area (Å²) in [5, 5.41) is 21.0. The maximum atomic E-state index is 12.7. The number of pyridine rings is 3. The predicted molar refractivity (Wildman–Crippen MR) is 168 cm³/mol. The van der Waals surface area contributed by atoms with Gasteiger partial charge in [0, 0.05) is 56.6 Å². The molecule has 4 heterocycles. The van der Waals surface area contributed by atoms with Crippen molar-refractivity contribution in [3.8, 4) is 11.3 Å². The molecule has 0 aliphatic carbocycles. The van der Waals surface area contributed by atoms with Gasteiger partial charge in [-0.15, -0.1) is 0 Å². The molecule has 0 radical (unpaired) electrons. The van der Waals surface area contributed by atoms with Crippen molar-refractivity contribution in [2.45, 2.75) is 44.0 Å². The fourth-order valence-corrected chi connectivity index (χ4v) is 5.50. The van der Waals surface area contributed by atoms with Gasteiger partial charge in [0.2, 0.25) is 0 Å². The molecular weight excluding hydrogens is 587 g/mol. The van der Waals surface area contributed by atoms with Crippen molar-refractivity contribution >= 4 is 50.8 Å². The van der Waals surface area contributed by atoms with E-state index < -0.39 is 17.5 Å². The maximum Gasteiger partial charge on any atom is 0.433 e. The Kier molecular flexibility index (Phi) is 7.64. The largest absolute Gasteiger partial charge is 0.433 e. The Morgan fingerprint density at radius 3 is 2.34 bits per heavy atom. The number of aryl methyl sites for hydroxylation is 1. The van der Waals surface area contributed by atoms with E-state index in [0.29, 0.717) is 17.3 Å². The Hall–Kier alpha value is -4.68. The average molecular weight is 616 g/mol. The molecule has 4 aromatic heterocycles. The number of aliphatic hydroxyl groups is 1. The smallest absolute Gasteiger partial charge is 0.389 e. The van der Waals surface area contributed by atoms with Crippen molar-refractivity contribution in [1.82, 2.24) is 24.7 Å². The first-order chi connectivity index (χ1) is 20.9. The monoisotopic (exact) mass is 615 g/mol. The predicted octanol–water partition coefficient (Wildman–Crippen LogP) is 8.00. The highest BCUT2D eigenvalue weighted by atomic mass is 32.2. The Labute approximate surface area is 255 Å². The molecule has 0 aliphatic heterocycles. The molecule has 0 fully saturated rings. The molecule has 3 N–H and O–H groups in total. The summed E-state index contributed by atoms with van der Waals surface area (Å²) in [6, 6.07) is 17.8. The second-order valence-corrected chi connectivity index (χ2v) is 11.9. The highest BCUT2D eigenvalue weighted by Gasteiger charge is 2.32. The SMILES string of the molecule is Cc1c(-c2nccc3cnc(Nc4ccc(NSc5ccc(C(F)(F)F)nc5)cc4)cc23)ccc2c1cnn2CC(C)(C)O. The summed E-state index contributed by atoms with van der Waals surface area (Å²) in [5.41, 5.74) is 3.59. The summed E-state index contributed by atoms with van der Waals surface area (Å²) in [6.07, 6.45) is 2.14. The summed E-state index contributed by atoms with van der Waals surface area (Å²) in [7, 11) is 0. The van der Waals surface area contributed by atoms with Gasteiger partial charge < -0.3 is 15.1 Å². The van der Waals surface area contributed by atoms with Crippen LogP contribution in [0.25, 0.3) is 32.9 Å². The van der Waals surface area contributed by atoms with Gasteiger partial charge in [0.05, 0.1) is 29.6 Å². The fraction of sp³-hybridized carbons (Fsp3) is 0.188. The van der Waals surface area contributed by atoms with Crippen LogP contribution in [0.1, 0.15) is 25.1 Å². The van der Waals surface area contributed by atoms with Gasteiger partial charge in [-0.3, -0.25) is 14.6 Å². The van der Waals surface area contributed by atoms with Crippen LogP contribution >= 0.6 is 11.9 Å². The van der Waals surface area contributed by atoms with E-state index in [-0.39, 0.29) is 0 Å². The van der Waals surface area contributed by atoms with Gasteiger partial charge in [0.1, 0.15) is 11.5 Å². The summed E-state index contributed by atoms with van der Waals surface area (Å²) < 4.78 is 43.2. The lowest BCUT2D eigenvalue weighted by Crippen LogP contribution is -2.26. The molecule has 224 valence electrons. The third-order valence-electron chi connectivity index (χ3n) is 7.01. The molecule has 0 spiro atoms. The number of rotatable bonds is 8. The molecule has 0 saturated carbocycles. The number of nitrogens with one attached hydrogen (secondary N) is 2. The summed E-state index contributed by atoms with van der Waals surface area (Å²) >= 11 is 1.17. The van der Waals surface area contributed by atoms with Gasteiger partial charge in [-0.2, -0.15) is 18.3 Å². The van der Waals surface area contributed by atoms with Crippen LogP contribution in [0.5, 0.6) is 0 Å². The topological polar surface area (TPSA) is 101 Å². The number of aromatic nitrogens is 5. The first-order valence-electron chi connectivity index (χ1n) is 13.7. The second-order valence-electron chi connectivity index (χ2n) is 11.0. The van der Waals surface area contributed by atoms with Crippen molar-refractivity contribution in [2.24, 2.45) is 0 Å². The number of anilines is 3. The number of nitrogens with zero attached hydrogens (tertiary/aromatic N) is 5. The molecule has 12 heteroatoms. The Morgan fingerprint density at radius 1 is 0.864 bits per heavy atom. The van der Waals surface area contributed by atoms with E-state index in [9.17, 15) is 18.3 Å². The van der Waals surface area contributed by atoms with Crippen molar-refractivity contribution in [3.63, 3.8) is 0 Å². The molecule has 2 aromatic carbocycles. The van der Waals surface area contributed by atoms with Crippen molar-refractivity contribution in [1.29, 1.82) is 0 Å². The highest BCUT2D eigenvalue weighted by molar-refractivity contribution is 8.00. The van der Waals surface area contributed by atoms with Crippen LogP contribution in [0.3, 0.4) is 0 Å². The van der Waals surface area contributed by atoms with Crippen molar-refractivity contribution in [3.05, 3.63) is 96.7 Å². The van der Waals surface area contributed by atoms with Gasteiger partial charge in [-0.25, -0.2) is 4.98 Å². The minimum Gasteiger partial charge on any atom is -0.389 e. The summed E-state index contributed by atoms with van der Waals surface area (Å²) in [4.78, 5) is 13.4. The van der Waals surface area contributed by atoms with Gasteiger partial charge in [0.25, 0.3) is 0 Å². The Morgan fingerprint density at radius 2 is 1.64 bits per heavy atom. The normalized spacial score (nSPS) is 12.2. The van der Waals surface area contributed by atoms with Crippen molar-refractivity contribution < 1.29 is 18.3 Å². The van der Waals surface area contributed by atoms with Gasteiger partial charge in [0.15, 0.2) is 0 Å². The number of hydrogen-bond donors (Lipinski definition) is 3. The molecule has 6 aromatic rings. The van der Waals surface area contributed by atoms with Crippen LogP contribution in [-0.2, 0) is 12.7 Å². The maximum absolute atomic E-state index is 12.7. The minimum absolute atomic E-state index is 0.384. The van der Waals surface area contributed by atoms with E-state index in [1.54, 1.807) is 20.0 Å². The zero-order valence-corrected chi connectivity index (χ0v) is 24.8. The van der Waals surface area contributed by atoms with E-state index in [1.165, 1.54) is 24.2 Å². The standard InChI is InChI=1S/C32H28F3N7OS/c1-19-24(9-10-27-26(19)17-39-42(27)18-31(2,3)43)30-25-14-29(38-15-20(25)12-13-36-30)40-21-4-6-22(7-5-21)41-44-23-8-11-28(37-16-23)32(33,34)35/h4-17,41,43H,18H2,1-3H3,(H,38,40). The zero-order chi connectivity index (χ0) is 31.1. The molecule has 0 bridgehead atoms. The van der Waals surface area contributed by atoms with Crippen LogP contribution in [0, 0.1) is 6.92 Å². The Bertz CT molecular complexity index is 1950. The zero-order valence-electron chi connectivity index (χ0n) is 24.0. The lowest BCUT2D eigenvalue weighted by molar-refractivity contribution is -0.141. The van der Waals surface area contributed by atoms with E-state index in [0.717, 1.165) is 55.9 Å². The molecule has 44 heavy (non-hydrogen) atoms. The van der Waals surface area contributed by atoms with Crippen molar-refractivity contribution in [2.75, 3.05) is 10.0 Å². The van der Waals surface area contributed by atoms with Crippen LogP contribution in [0.2, 0.25) is 0 Å². The molecule has 0 aliphatic rings. The van der Waals surface area contributed by atoms with E-state index >= 15 is 0 Å². The number of halogens is 3. The number of benzene rings is 2. The van der Waals surface area contributed by atoms with E-state index in [2.05, 4.69) is 32.0 Å². The second kappa shape index (κ2) is 11.4. The molecule has 0 amide bonds. The molecule has 6 rings (SSSR count). The van der Waals surface area contributed by atoms with Gasteiger partial charge in [-0.1, -0.05) is 6.07 Å². The average Bonchev–Trinajstić information content (AvgIpc) is 3.38. The highest BCUT2D eigenvalue weighted by Crippen LogP contribution is 2.34. The summed E-state index contributed by atoms with van der Waals surface area (Å²) in [5.74, 6) is 0.648. The molecule has 0 saturated heterocycles. The summed E-state index contributed by atoms with van der Waals surface area (Å²) in [6.45, 7) is 5.96. The first-order valence-corrected chi connectivity index (χ1v) is 14.5. The van der Waals surface area contributed by atoms with E-state index in [4.69, 9.17) is 4.98 Å². The Balaban J connectivity index is 1.20. The lowest BCUT2D eigenvalue weighted by Gasteiger charge is -2.18. The van der Waals surface area contributed by atoms with E-state index in [1.807, 2.05) is 65.6 Å². The number of alkyl halides is 3. The van der Waals surface area contributed by atoms with Crippen LogP contribution < -0.4 is 10.0 Å². The quantitative estimate of drug-likeness (QED) is 0.148. The van der Waals surface area contributed by atoms with Gasteiger partial charge >= 0.3 is 6.18 Å². The minimum atomic E-state index is -4.46. The fourth-order valence-electron chi connectivity index (χ4n) is 4.89. The van der Waals surface area contributed by atoms with Crippen LogP contribution in [-0.4, -0.2) is 35.4 Å². The number of fused-ring (bicyclic) bond motifs is 2. The molecular formula is C32H28F3N7OS. The molecule has 0 atom stereocenters. The van der Waals surface area contributed by atoms with Crippen LogP contribution in [0.4, 0.5) is 30.4 Å². The third-order valence-corrected chi connectivity index (χ3v) is 7.82. The molecule has 8 nitrogen and oxygen atoms in total. The third kappa shape index (κ3) is 6.31. The van der Waals surface area contributed by atoms with Crippen LogP contribution in [0.15, 0.2) is 90.3 Å². The molecule has 0 unspecified atom stereocenters. The first kappa shape index (κ1) is 29.4. The number of hydrogen-bond acceptors (Lipinski definition) is 8.